The normalized spacial score (nSPS) is 13.1. The lowest BCUT2D eigenvalue weighted by Crippen LogP contribution is -2.01. The second kappa shape index (κ2) is 6.80. The van der Waals surface area contributed by atoms with E-state index in [1.165, 1.54) is 11.1 Å². The van der Waals surface area contributed by atoms with E-state index < -0.39 is 7.42 Å². The average Bonchev–Trinajstić information content (AvgIpc) is 2.25. The average molecular weight is 281 g/mol. The van der Waals surface area contributed by atoms with Crippen LogP contribution in [-0.2, 0) is 5.88 Å². The van der Waals surface area contributed by atoms with Crippen LogP contribution in [0.3, 0.4) is 0 Å². The molecular formula is C11H14Cl3Si. The number of rotatable bonds is 5. The van der Waals surface area contributed by atoms with Gasteiger partial charge in [-0.15, -0.1) is 33.8 Å². The fourth-order valence-electron chi connectivity index (χ4n) is 1.62. The van der Waals surface area contributed by atoms with Crippen LogP contribution >= 0.6 is 33.8 Å². The molecule has 0 saturated heterocycles. The molecule has 15 heavy (non-hydrogen) atoms. The highest BCUT2D eigenvalue weighted by Crippen LogP contribution is 2.26. The molecule has 0 saturated carbocycles. The van der Waals surface area contributed by atoms with E-state index in [0.717, 1.165) is 12.5 Å². The first-order valence-corrected chi connectivity index (χ1v) is 9.22. The molecule has 0 fully saturated rings. The maximum absolute atomic E-state index is 5.89. The molecule has 1 atom stereocenters. The van der Waals surface area contributed by atoms with Gasteiger partial charge in [0.2, 0.25) is 0 Å². The SMILES string of the molecule is CC(CC[Si](Cl)Cl)c1ccccc1CCl. The monoisotopic (exact) mass is 279 g/mol. The molecular weight excluding hydrogens is 267 g/mol. The van der Waals surface area contributed by atoms with Gasteiger partial charge in [-0.1, -0.05) is 31.2 Å². The molecule has 0 aliphatic carbocycles. The first-order chi connectivity index (χ1) is 7.15. The molecule has 0 nitrogen and oxygen atoms in total. The van der Waals surface area contributed by atoms with E-state index in [4.69, 9.17) is 33.8 Å². The predicted octanol–water partition coefficient (Wildman–Crippen LogP) is 4.88. The van der Waals surface area contributed by atoms with Gasteiger partial charge in [-0.05, 0) is 29.5 Å². The lowest BCUT2D eigenvalue weighted by atomic mass is 9.94. The van der Waals surface area contributed by atoms with E-state index in [2.05, 4.69) is 25.1 Å². The molecule has 4 heteroatoms. The van der Waals surface area contributed by atoms with E-state index in [9.17, 15) is 0 Å². The number of halogens is 3. The number of benzene rings is 1. The van der Waals surface area contributed by atoms with Crippen LogP contribution in [0.15, 0.2) is 24.3 Å². The molecule has 0 aliphatic heterocycles. The Hall–Kier alpha value is 0.307. The van der Waals surface area contributed by atoms with Crippen molar-refractivity contribution < 1.29 is 0 Å². The minimum Gasteiger partial charge on any atom is -0.147 e. The van der Waals surface area contributed by atoms with Crippen molar-refractivity contribution in [2.24, 2.45) is 0 Å². The molecule has 1 unspecified atom stereocenters. The lowest BCUT2D eigenvalue weighted by molar-refractivity contribution is 0.725. The third-order valence-electron chi connectivity index (χ3n) is 2.50. The summed E-state index contributed by atoms with van der Waals surface area (Å²) in [6.07, 6.45) is 1.04. The Balaban J connectivity index is 2.68. The molecule has 0 heterocycles. The summed E-state index contributed by atoms with van der Waals surface area (Å²) in [7, 11) is -1.14. The highest BCUT2D eigenvalue weighted by molar-refractivity contribution is 7.33. The highest BCUT2D eigenvalue weighted by Gasteiger charge is 2.12. The van der Waals surface area contributed by atoms with Crippen molar-refractivity contribution in [2.45, 2.75) is 31.2 Å². The Kier molecular flexibility index (Phi) is 6.06. The maximum atomic E-state index is 5.89. The lowest BCUT2D eigenvalue weighted by Gasteiger charge is -2.15. The fraction of sp³-hybridized carbons (Fsp3) is 0.455. The smallest absolute Gasteiger partial charge is 0.147 e. The predicted molar refractivity (Wildman–Crippen MR) is 71.3 cm³/mol. The van der Waals surface area contributed by atoms with Gasteiger partial charge < -0.3 is 0 Å². The van der Waals surface area contributed by atoms with Crippen molar-refractivity contribution in [1.29, 1.82) is 0 Å². The van der Waals surface area contributed by atoms with E-state index in [1.54, 1.807) is 0 Å². The zero-order chi connectivity index (χ0) is 11.3. The van der Waals surface area contributed by atoms with Crippen LogP contribution in [0.2, 0.25) is 6.04 Å². The molecule has 1 rings (SSSR count). The van der Waals surface area contributed by atoms with Crippen LogP contribution in [-0.4, -0.2) is 7.42 Å². The van der Waals surface area contributed by atoms with Gasteiger partial charge >= 0.3 is 0 Å². The molecule has 0 amide bonds. The summed E-state index contributed by atoms with van der Waals surface area (Å²) in [5.41, 5.74) is 2.54. The topological polar surface area (TPSA) is 0 Å². The van der Waals surface area contributed by atoms with Crippen LogP contribution in [0.1, 0.15) is 30.4 Å². The zero-order valence-corrected chi connectivity index (χ0v) is 11.9. The minimum atomic E-state index is -1.14. The molecule has 1 aromatic carbocycles. The van der Waals surface area contributed by atoms with Crippen LogP contribution in [0.5, 0.6) is 0 Å². The second-order valence-electron chi connectivity index (χ2n) is 3.61. The fourth-order valence-corrected chi connectivity index (χ4v) is 3.17. The molecule has 0 aliphatic rings. The summed E-state index contributed by atoms with van der Waals surface area (Å²) in [6.45, 7) is 2.20. The molecule has 0 aromatic heterocycles. The maximum Gasteiger partial charge on any atom is 0.273 e. The summed E-state index contributed by atoms with van der Waals surface area (Å²) >= 11 is 17.5. The van der Waals surface area contributed by atoms with Crippen LogP contribution < -0.4 is 0 Å². The van der Waals surface area contributed by atoms with Gasteiger partial charge in [0.15, 0.2) is 0 Å². The van der Waals surface area contributed by atoms with E-state index >= 15 is 0 Å². The standard InChI is InChI=1S/C11H14Cl3Si/c1-9(6-7-15(13)14)11-5-3-2-4-10(11)8-12/h2-5,9H,6-8H2,1H3. The van der Waals surface area contributed by atoms with Crippen molar-refractivity contribution in [3.05, 3.63) is 35.4 Å². The Morgan fingerprint density at radius 2 is 1.93 bits per heavy atom. The van der Waals surface area contributed by atoms with Gasteiger partial charge in [0.05, 0.1) is 0 Å². The number of hydrogen-bond donors (Lipinski definition) is 0. The van der Waals surface area contributed by atoms with Crippen LogP contribution in [0.4, 0.5) is 0 Å². The van der Waals surface area contributed by atoms with Crippen LogP contribution in [0.25, 0.3) is 0 Å². The quantitative estimate of drug-likeness (QED) is 0.409. The van der Waals surface area contributed by atoms with Gasteiger partial charge in [0, 0.05) is 5.88 Å². The Bertz CT molecular complexity index is 302. The number of alkyl halides is 1. The van der Waals surface area contributed by atoms with Crippen LogP contribution in [0, 0.1) is 0 Å². The summed E-state index contributed by atoms with van der Waals surface area (Å²) in [5.74, 6) is 1.05. The molecule has 0 spiro atoms. The number of hydrogen-bond acceptors (Lipinski definition) is 0. The highest BCUT2D eigenvalue weighted by atomic mass is 35.7. The van der Waals surface area contributed by atoms with Crippen molar-refractivity contribution in [3.8, 4) is 0 Å². The molecule has 0 bridgehead atoms. The largest absolute Gasteiger partial charge is 0.273 e. The van der Waals surface area contributed by atoms with E-state index in [0.29, 0.717) is 11.8 Å². The first-order valence-electron chi connectivity index (χ1n) is 4.95. The summed E-state index contributed by atoms with van der Waals surface area (Å²) in [6, 6.07) is 9.20. The summed E-state index contributed by atoms with van der Waals surface area (Å²) < 4.78 is 0. The molecule has 83 valence electrons. The van der Waals surface area contributed by atoms with Crippen molar-refractivity contribution in [2.75, 3.05) is 0 Å². The zero-order valence-electron chi connectivity index (χ0n) is 8.64. The van der Waals surface area contributed by atoms with Gasteiger partial charge in [-0.25, -0.2) is 0 Å². The Morgan fingerprint density at radius 3 is 2.53 bits per heavy atom. The Morgan fingerprint density at radius 1 is 1.27 bits per heavy atom. The third kappa shape index (κ3) is 4.35. The van der Waals surface area contributed by atoms with Crippen molar-refractivity contribution in [3.63, 3.8) is 0 Å². The minimum absolute atomic E-state index is 0.484. The van der Waals surface area contributed by atoms with Crippen molar-refractivity contribution >= 4 is 41.2 Å². The van der Waals surface area contributed by atoms with E-state index in [1.807, 2.05) is 6.07 Å². The first kappa shape index (κ1) is 13.4. The third-order valence-corrected chi connectivity index (χ3v) is 4.58. The molecule has 1 radical (unpaired) electrons. The van der Waals surface area contributed by atoms with Crippen molar-refractivity contribution in [1.82, 2.24) is 0 Å². The molecule has 1 aromatic rings. The summed E-state index contributed by atoms with van der Waals surface area (Å²) in [5, 5.41) is 0. The van der Waals surface area contributed by atoms with Gasteiger partial charge in [0.1, 0.15) is 0 Å². The van der Waals surface area contributed by atoms with Gasteiger partial charge in [-0.2, -0.15) is 0 Å². The van der Waals surface area contributed by atoms with Gasteiger partial charge in [-0.3, -0.25) is 0 Å². The van der Waals surface area contributed by atoms with E-state index in [-0.39, 0.29) is 0 Å². The molecule has 0 N–H and O–H groups in total. The van der Waals surface area contributed by atoms with Gasteiger partial charge in [0.25, 0.3) is 7.42 Å². The Labute approximate surface area is 108 Å². The summed E-state index contributed by atoms with van der Waals surface area (Å²) in [4.78, 5) is 0. The second-order valence-corrected chi connectivity index (χ2v) is 8.37.